The second-order valence-corrected chi connectivity index (χ2v) is 7.17. The number of aromatic nitrogens is 5. The molecule has 2 aromatic heterocycles. The standard InChI is InChI=1S/C18H23N5O2/c1-11-9-19-16(20-11)12-6-7-14(13(8-12)18(2,3)4)25-10-15-21-22-17(24)23(15)5/h6-9H,10H2,1-5H3,(H,19,20)(H,22,24). The van der Waals surface area contributed by atoms with E-state index < -0.39 is 0 Å². The Morgan fingerprint density at radius 2 is 2.04 bits per heavy atom. The summed E-state index contributed by atoms with van der Waals surface area (Å²) in [4.78, 5) is 19.1. The molecule has 0 atom stereocenters. The van der Waals surface area contributed by atoms with Crippen molar-refractivity contribution in [1.29, 1.82) is 0 Å². The number of benzene rings is 1. The van der Waals surface area contributed by atoms with Crippen LogP contribution in [0.25, 0.3) is 11.4 Å². The molecule has 7 nitrogen and oxygen atoms in total. The molecule has 0 aliphatic carbocycles. The number of ether oxygens (including phenoxy) is 1. The SMILES string of the molecule is Cc1cnc(-c2ccc(OCc3n[nH]c(=O)n3C)c(C(C)(C)C)c2)[nH]1. The van der Waals surface area contributed by atoms with Crippen LogP contribution in [0.1, 0.15) is 37.9 Å². The number of nitrogens with one attached hydrogen (secondary N) is 2. The molecule has 0 fully saturated rings. The van der Waals surface area contributed by atoms with Crippen LogP contribution in [0.2, 0.25) is 0 Å². The van der Waals surface area contributed by atoms with E-state index in [9.17, 15) is 4.79 Å². The summed E-state index contributed by atoms with van der Waals surface area (Å²) in [5, 5.41) is 6.39. The Labute approximate surface area is 146 Å². The van der Waals surface area contributed by atoms with Gasteiger partial charge in [0.25, 0.3) is 0 Å². The fourth-order valence-corrected chi connectivity index (χ4v) is 2.60. The number of H-pyrrole nitrogens is 2. The minimum atomic E-state index is -0.252. The Hall–Kier alpha value is -2.83. The first kappa shape index (κ1) is 17.0. The van der Waals surface area contributed by atoms with Crippen LogP contribution in [0.5, 0.6) is 5.75 Å². The highest BCUT2D eigenvalue weighted by molar-refractivity contribution is 5.60. The topological polar surface area (TPSA) is 88.6 Å². The van der Waals surface area contributed by atoms with Gasteiger partial charge >= 0.3 is 5.69 Å². The molecule has 3 rings (SSSR count). The van der Waals surface area contributed by atoms with Crippen LogP contribution in [0.4, 0.5) is 0 Å². The number of aryl methyl sites for hydroxylation is 1. The Kier molecular flexibility index (Phi) is 4.24. The second kappa shape index (κ2) is 6.23. The largest absolute Gasteiger partial charge is 0.485 e. The van der Waals surface area contributed by atoms with Gasteiger partial charge in [0.2, 0.25) is 0 Å². The van der Waals surface area contributed by atoms with Gasteiger partial charge in [-0.25, -0.2) is 14.9 Å². The molecule has 0 amide bonds. The molecule has 0 unspecified atom stereocenters. The Morgan fingerprint density at radius 3 is 2.60 bits per heavy atom. The van der Waals surface area contributed by atoms with Crippen molar-refractivity contribution in [1.82, 2.24) is 24.7 Å². The average Bonchev–Trinajstić information content (AvgIpc) is 3.12. The fourth-order valence-electron chi connectivity index (χ4n) is 2.60. The molecule has 2 N–H and O–H groups in total. The number of nitrogens with zero attached hydrogens (tertiary/aromatic N) is 3. The highest BCUT2D eigenvalue weighted by Crippen LogP contribution is 2.34. The molecule has 0 aliphatic rings. The maximum Gasteiger partial charge on any atom is 0.343 e. The minimum absolute atomic E-state index is 0.107. The van der Waals surface area contributed by atoms with Crippen LogP contribution in [-0.2, 0) is 19.1 Å². The van der Waals surface area contributed by atoms with E-state index in [1.807, 2.05) is 25.3 Å². The van der Waals surface area contributed by atoms with Crippen molar-refractivity contribution in [3.8, 4) is 17.1 Å². The van der Waals surface area contributed by atoms with Gasteiger partial charge in [-0.15, -0.1) is 0 Å². The Morgan fingerprint density at radius 1 is 1.28 bits per heavy atom. The Balaban J connectivity index is 1.93. The molecule has 1 aromatic carbocycles. The third-order valence-electron chi connectivity index (χ3n) is 4.09. The molecule has 0 radical (unpaired) electrons. The smallest absolute Gasteiger partial charge is 0.343 e. The van der Waals surface area contributed by atoms with Crippen LogP contribution >= 0.6 is 0 Å². The van der Waals surface area contributed by atoms with Crippen molar-refractivity contribution < 1.29 is 4.74 Å². The van der Waals surface area contributed by atoms with Crippen LogP contribution in [0, 0.1) is 6.92 Å². The lowest BCUT2D eigenvalue weighted by atomic mass is 9.85. The number of imidazole rings is 1. The Bertz CT molecular complexity index is 943. The van der Waals surface area contributed by atoms with Gasteiger partial charge in [0, 0.05) is 30.1 Å². The van der Waals surface area contributed by atoms with Crippen molar-refractivity contribution >= 4 is 0 Å². The summed E-state index contributed by atoms with van der Waals surface area (Å²) in [5.41, 5.74) is 2.74. The molecule has 25 heavy (non-hydrogen) atoms. The fraction of sp³-hybridized carbons (Fsp3) is 0.389. The van der Waals surface area contributed by atoms with E-state index in [1.54, 1.807) is 7.05 Å². The number of hydrogen-bond donors (Lipinski definition) is 2. The lowest BCUT2D eigenvalue weighted by molar-refractivity contribution is 0.283. The lowest BCUT2D eigenvalue weighted by Gasteiger charge is -2.23. The minimum Gasteiger partial charge on any atom is -0.485 e. The van der Waals surface area contributed by atoms with Crippen LogP contribution < -0.4 is 10.4 Å². The third kappa shape index (κ3) is 3.50. The van der Waals surface area contributed by atoms with Crippen molar-refractivity contribution in [2.75, 3.05) is 0 Å². The quantitative estimate of drug-likeness (QED) is 0.763. The van der Waals surface area contributed by atoms with E-state index in [0.717, 1.165) is 28.4 Å². The van der Waals surface area contributed by atoms with Gasteiger partial charge in [0.15, 0.2) is 5.82 Å². The summed E-state index contributed by atoms with van der Waals surface area (Å²) >= 11 is 0. The zero-order valence-electron chi connectivity index (χ0n) is 15.2. The van der Waals surface area contributed by atoms with Crippen LogP contribution in [0.15, 0.2) is 29.2 Å². The molecule has 0 aliphatic heterocycles. The maximum absolute atomic E-state index is 11.5. The van der Waals surface area contributed by atoms with Gasteiger partial charge in [-0.2, -0.15) is 5.10 Å². The normalized spacial score (nSPS) is 11.7. The highest BCUT2D eigenvalue weighted by Gasteiger charge is 2.21. The molecular formula is C18H23N5O2. The molecule has 0 spiro atoms. The predicted molar refractivity (Wildman–Crippen MR) is 95.6 cm³/mol. The maximum atomic E-state index is 11.5. The summed E-state index contributed by atoms with van der Waals surface area (Å²) in [5.74, 6) is 2.16. The van der Waals surface area contributed by atoms with E-state index in [1.165, 1.54) is 4.57 Å². The molecule has 132 valence electrons. The van der Waals surface area contributed by atoms with Crippen LogP contribution in [0.3, 0.4) is 0 Å². The average molecular weight is 341 g/mol. The van der Waals surface area contributed by atoms with Crippen molar-refractivity contribution in [3.05, 3.63) is 52.0 Å². The van der Waals surface area contributed by atoms with Crippen molar-refractivity contribution in [3.63, 3.8) is 0 Å². The van der Waals surface area contributed by atoms with Gasteiger partial charge in [-0.3, -0.25) is 4.57 Å². The van der Waals surface area contributed by atoms with Gasteiger partial charge in [-0.1, -0.05) is 20.8 Å². The molecular weight excluding hydrogens is 318 g/mol. The number of aromatic amines is 2. The first-order chi connectivity index (χ1) is 11.8. The first-order valence-corrected chi connectivity index (χ1v) is 8.15. The second-order valence-electron chi connectivity index (χ2n) is 7.17. The van der Waals surface area contributed by atoms with Crippen molar-refractivity contribution in [2.45, 2.75) is 39.7 Å². The first-order valence-electron chi connectivity index (χ1n) is 8.15. The molecule has 2 heterocycles. The van der Waals surface area contributed by atoms with Gasteiger partial charge in [0.05, 0.1) is 0 Å². The lowest BCUT2D eigenvalue weighted by Crippen LogP contribution is -2.17. The molecule has 3 aromatic rings. The molecule has 0 bridgehead atoms. The number of hydrogen-bond acceptors (Lipinski definition) is 4. The third-order valence-corrected chi connectivity index (χ3v) is 4.09. The molecule has 0 saturated heterocycles. The predicted octanol–water partition coefficient (Wildman–Crippen LogP) is 2.68. The van der Waals surface area contributed by atoms with Gasteiger partial charge in [-0.05, 0) is 30.5 Å². The van der Waals surface area contributed by atoms with Crippen LogP contribution in [-0.4, -0.2) is 24.7 Å². The summed E-state index contributed by atoms with van der Waals surface area (Å²) in [6.45, 7) is 8.61. The van der Waals surface area contributed by atoms with Crippen molar-refractivity contribution in [2.24, 2.45) is 7.05 Å². The zero-order chi connectivity index (χ0) is 18.2. The van der Waals surface area contributed by atoms with E-state index in [2.05, 4.69) is 47.0 Å². The van der Waals surface area contributed by atoms with Gasteiger partial charge < -0.3 is 9.72 Å². The molecule has 7 heteroatoms. The number of rotatable bonds is 4. The van der Waals surface area contributed by atoms with E-state index >= 15 is 0 Å². The summed E-state index contributed by atoms with van der Waals surface area (Å²) in [6, 6.07) is 6.02. The summed E-state index contributed by atoms with van der Waals surface area (Å²) in [7, 11) is 1.66. The molecule has 0 saturated carbocycles. The van der Waals surface area contributed by atoms with E-state index in [-0.39, 0.29) is 17.7 Å². The monoisotopic (exact) mass is 341 g/mol. The van der Waals surface area contributed by atoms with Gasteiger partial charge in [0.1, 0.15) is 18.2 Å². The highest BCUT2D eigenvalue weighted by atomic mass is 16.5. The zero-order valence-corrected chi connectivity index (χ0v) is 15.2. The van der Waals surface area contributed by atoms with E-state index in [0.29, 0.717) is 5.82 Å². The van der Waals surface area contributed by atoms with E-state index in [4.69, 9.17) is 4.74 Å². The summed E-state index contributed by atoms with van der Waals surface area (Å²) in [6.07, 6.45) is 1.81. The summed E-state index contributed by atoms with van der Waals surface area (Å²) < 4.78 is 7.41.